The number of ether oxygens (including phenoxy) is 1. The lowest BCUT2D eigenvalue weighted by Gasteiger charge is -2.09. The van der Waals surface area contributed by atoms with Crippen molar-refractivity contribution >= 4 is 18.4 Å². The van der Waals surface area contributed by atoms with Gasteiger partial charge >= 0.3 is 5.97 Å². The molecule has 0 aliphatic heterocycles. The predicted molar refractivity (Wildman–Crippen MR) is 114 cm³/mol. The van der Waals surface area contributed by atoms with Gasteiger partial charge in [-0.15, -0.1) is 12.4 Å². The van der Waals surface area contributed by atoms with Crippen LogP contribution in [0.5, 0.6) is 5.75 Å². The van der Waals surface area contributed by atoms with Crippen molar-refractivity contribution in [2.45, 2.75) is 58.3 Å². The molecule has 0 heterocycles. The lowest BCUT2D eigenvalue weighted by Crippen LogP contribution is -1.99. The Bertz CT molecular complexity index is 716. The van der Waals surface area contributed by atoms with Crippen LogP contribution in [0.15, 0.2) is 42.5 Å². The van der Waals surface area contributed by atoms with Crippen molar-refractivity contribution in [2.75, 3.05) is 6.61 Å². The van der Waals surface area contributed by atoms with E-state index in [2.05, 4.69) is 6.92 Å². The van der Waals surface area contributed by atoms with Crippen LogP contribution in [0, 0.1) is 5.82 Å². The molecule has 0 bridgehead atoms. The van der Waals surface area contributed by atoms with Gasteiger partial charge in [-0.1, -0.05) is 70.1 Å². The smallest absolute Gasteiger partial charge is 0.335 e. The molecule has 0 aliphatic carbocycles. The van der Waals surface area contributed by atoms with E-state index in [0.29, 0.717) is 12.2 Å². The molecule has 0 saturated heterocycles. The first kappa shape index (κ1) is 24.0. The summed E-state index contributed by atoms with van der Waals surface area (Å²) in [4.78, 5) is 10.9. The number of carboxylic acid groups (broad SMARTS) is 1. The van der Waals surface area contributed by atoms with Gasteiger partial charge in [-0.2, -0.15) is 0 Å². The standard InChI is InChI=1S/C23H29FO3.ClH/c1-2-3-4-5-6-7-8-9-16-27-22-15-14-20(17-21(22)24)18-10-12-19(13-11-18)23(25)26;/h10-15,17H,2-9,16H2,1H3,(H,25,26);1H. The molecule has 2 rings (SSSR count). The topological polar surface area (TPSA) is 46.5 Å². The highest BCUT2D eigenvalue weighted by atomic mass is 35.5. The van der Waals surface area contributed by atoms with Crippen molar-refractivity contribution in [2.24, 2.45) is 0 Å². The zero-order valence-electron chi connectivity index (χ0n) is 16.5. The summed E-state index contributed by atoms with van der Waals surface area (Å²) in [5, 5.41) is 8.94. The van der Waals surface area contributed by atoms with Crippen molar-refractivity contribution in [3.8, 4) is 16.9 Å². The van der Waals surface area contributed by atoms with Crippen LogP contribution in [-0.4, -0.2) is 17.7 Å². The Morgan fingerprint density at radius 2 is 1.46 bits per heavy atom. The summed E-state index contributed by atoms with van der Waals surface area (Å²) >= 11 is 0. The maximum Gasteiger partial charge on any atom is 0.335 e. The average molecular weight is 409 g/mol. The van der Waals surface area contributed by atoms with Gasteiger partial charge in [-0.05, 0) is 41.8 Å². The molecule has 28 heavy (non-hydrogen) atoms. The lowest BCUT2D eigenvalue weighted by atomic mass is 10.0. The molecule has 5 heteroatoms. The van der Waals surface area contributed by atoms with E-state index >= 15 is 0 Å². The van der Waals surface area contributed by atoms with E-state index in [9.17, 15) is 9.18 Å². The summed E-state index contributed by atoms with van der Waals surface area (Å²) < 4.78 is 19.8. The van der Waals surface area contributed by atoms with Crippen LogP contribution in [-0.2, 0) is 0 Å². The molecular formula is C23H30ClFO3. The summed E-state index contributed by atoms with van der Waals surface area (Å²) in [6, 6.07) is 11.3. The number of hydrogen-bond donors (Lipinski definition) is 1. The zero-order valence-corrected chi connectivity index (χ0v) is 17.3. The molecule has 0 saturated carbocycles. The van der Waals surface area contributed by atoms with Crippen molar-refractivity contribution in [1.82, 2.24) is 0 Å². The molecule has 0 fully saturated rings. The minimum atomic E-state index is -0.975. The number of benzene rings is 2. The second-order valence-corrected chi connectivity index (χ2v) is 6.85. The van der Waals surface area contributed by atoms with E-state index in [1.807, 2.05) is 0 Å². The van der Waals surface area contributed by atoms with Crippen LogP contribution in [0.25, 0.3) is 11.1 Å². The first-order valence-corrected chi connectivity index (χ1v) is 9.88. The molecule has 0 aromatic heterocycles. The van der Waals surface area contributed by atoms with Gasteiger partial charge in [-0.25, -0.2) is 9.18 Å². The molecule has 154 valence electrons. The number of aromatic carboxylic acids is 1. The van der Waals surface area contributed by atoms with Crippen LogP contribution in [0.1, 0.15) is 68.6 Å². The van der Waals surface area contributed by atoms with E-state index < -0.39 is 11.8 Å². The molecule has 0 spiro atoms. The fourth-order valence-corrected chi connectivity index (χ4v) is 3.02. The highest BCUT2D eigenvalue weighted by molar-refractivity contribution is 5.88. The molecule has 3 nitrogen and oxygen atoms in total. The van der Waals surface area contributed by atoms with Gasteiger partial charge in [0.05, 0.1) is 12.2 Å². The van der Waals surface area contributed by atoms with E-state index in [4.69, 9.17) is 9.84 Å². The van der Waals surface area contributed by atoms with E-state index in [-0.39, 0.29) is 23.7 Å². The minimum absolute atomic E-state index is 0. The molecule has 1 N–H and O–H groups in total. The molecule has 0 atom stereocenters. The maximum absolute atomic E-state index is 14.3. The van der Waals surface area contributed by atoms with Crippen LogP contribution >= 0.6 is 12.4 Å². The van der Waals surface area contributed by atoms with Crippen LogP contribution in [0.2, 0.25) is 0 Å². The largest absolute Gasteiger partial charge is 0.491 e. The highest BCUT2D eigenvalue weighted by Gasteiger charge is 2.08. The van der Waals surface area contributed by atoms with Gasteiger partial charge in [-0.3, -0.25) is 0 Å². The quantitative estimate of drug-likeness (QED) is 0.380. The van der Waals surface area contributed by atoms with Crippen molar-refractivity contribution in [1.29, 1.82) is 0 Å². The van der Waals surface area contributed by atoms with E-state index in [1.165, 1.54) is 56.7 Å². The van der Waals surface area contributed by atoms with Gasteiger partial charge in [0.1, 0.15) is 0 Å². The molecular weight excluding hydrogens is 379 g/mol. The van der Waals surface area contributed by atoms with Gasteiger partial charge in [0.25, 0.3) is 0 Å². The fourth-order valence-electron chi connectivity index (χ4n) is 3.02. The fraction of sp³-hybridized carbons (Fsp3) is 0.435. The Labute approximate surface area is 173 Å². The van der Waals surface area contributed by atoms with Gasteiger partial charge < -0.3 is 9.84 Å². The van der Waals surface area contributed by atoms with Crippen LogP contribution in [0.3, 0.4) is 0 Å². The molecule has 0 radical (unpaired) electrons. The number of halogens is 2. The molecule has 0 aliphatic rings. The maximum atomic E-state index is 14.3. The van der Waals surface area contributed by atoms with E-state index in [1.54, 1.807) is 24.3 Å². The third-order valence-corrected chi connectivity index (χ3v) is 4.65. The Kier molecular flexibility index (Phi) is 11.3. The Hall–Kier alpha value is -2.07. The van der Waals surface area contributed by atoms with E-state index in [0.717, 1.165) is 18.4 Å². The molecule has 0 unspecified atom stereocenters. The SMILES string of the molecule is CCCCCCCCCCOc1ccc(-c2ccc(C(=O)O)cc2)cc1F.Cl. The third kappa shape index (κ3) is 7.89. The monoisotopic (exact) mass is 408 g/mol. The zero-order chi connectivity index (χ0) is 19.5. The number of unbranched alkanes of at least 4 members (excludes halogenated alkanes) is 7. The summed E-state index contributed by atoms with van der Waals surface area (Å²) in [5.41, 5.74) is 1.68. The van der Waals surface area contributed by atoms with Crippen molar-refractivity contribution < 1.29 is 19.0 Å². The van der Waals surface area contributed by atoms with Gasteiger partial charge in [0.2, 0.25) is 0 Å². The molecule has 0 amide bonds. The lowest BCUT2D eigenvalue weighted by molar-refractivity contribution is 0.0697. The Morgan fingerprint density at radius 1 is 0.893 bits per heavy atom. The van der Waals surface area contributed by atoms with Crippen LogP contribution < -0.4 is 4.74 Å². The summed E-state index contributed by atoms with van der Waals surface area (Å²) in [6.45, 7) is 2.75. The van der Waals surface area contributed by atoms with Crippen molar-refractivity contribution in [3.63, 3.8) is 0 Å². The number of rotatable bonds is 12. The van der Waals surface area contributed by atoms with Gasteiger partial charge in [0.15, 0.2) is 11.6 Å². The predicted octanol–water partition coefficient (Wildman–Crippen LogP) is 7.13. The average Bonchev–Trinajstić information content (AvgIpc) is 2.67. The Morgan fingerprint density at radius 3 is 2.04 bits per heavy atom. The molecule has 2 aromatic carbocycles. The van der Waals surface area contributed by atoms with Crippen LogP contribution in [0.4, 0.5) is 4.39 Å². The third-order valence-electron chi connectivity index (χ3n) is 4.65. The summed E-state index contributed by atoms with van der Waals surface area (Å²) in [5.74, 6) is -1.10. The minimum Gasteiger partial charge on any atom is -0.491 e. The second-order valence-electron chi connectivity index (χ2n) is 6.85. The second kappa shape index (κ2) is 13.2. The Balaban J connectivity index is 0.00000392. The number of carbonyl (C=O) groups is 1. The first-order valence-electron chi connectivity index (χ1n) is 9.88. The number of hydrogen-bond acceptors (Lipinski definition) is 2. The number of carboxylic acids is 1. The summed E-state index contributed by atoms with van der Waals surface area (Å²) in [7, 11) is 0. The summed E-state index contributed by atoms with van der Waals surface area (Å²) in [6.07, 6.45) is 9.74. The highest BCUT2D eigenvalue weighted by Crippen LogP contribution is 2.26. The van der Waals surface area contributed by atoms with Gasteiger partial charge in [0, 0.05) is 0 Å². The molecule has 2 aromatic rings. The van der Waals surface area contributed by atoms with Crippen molar-refractivity contribution in [3.05, 3.63) is 53.8 Å². The first-order chi connectivity index (χ1) is 13.1. The normalized spacial score (nSPS) is 10.4.